The van der Waals surface area contributed by atoms with E-state index < -0.39 is 0 Å². The highest BCUT2D eigenvalue weighted by atomic mass is 32.6. The lowest BCUT2D eigenvalue weighted by molar-refractivity contribution is 0.266. The molecule has 0 radical (unpaired) electrons. The van der Waals surface area contributed by atoms with Crippen LogP contribution >= 0.6 is 33.3 Å². The van der Waals surface area contributed by atoms with Crippen LogP contribution in [-0.4, -0.2) is 32.8 Å². The number of nitrogens with zero attached hydrogens (tertiary/aromatic N) is 4. The Labute approximate surface area is 110 Å². The zero-order valence-electron chi connectivity index (χ0n) is 10.1. The van der Waals surface area contributed by atoms with Crippen LogP contribution in [0.2, 0.25) is 0 Å². The van der Waals surface area contributed by atoms with Gasteiger partial charge in [0.2, 0.25) is 0 Å². The molecular weight excluding hydrogens is 288 g/mol. The fourth-order valence-electron chi connectivity index (χ4n) is 2.17. The summed E-state index contributed by atoms with van der Waals surface area (Å²) in [7, 11) is 6.31. The molecular formula is C9H20N4P4. The van der Waals surface area contributed by atoms with Crippen LogP contribution in [0.3, 0.4) is 0 Å². The lowest BCUT2D eigenvalue weighted by Crippen LogP contribution is -2.24. The molecule has 17 heavy (non-hydrogen) atoms. The average Bonchev–Trinajstić information content (AvgIpc) is 2.61. The predicted octanol–water partition coefficient (Wildman–Crippen LogP) is 2.86. The Hall–Kier alpha value is 0.820. The summed E-state index contributed by atoms with van der Waals surface area (Å²) < 4.78 is 2.16. The van der Waals surface area contributed by atoms with Gasteiger partial charge >= 0.3 is 0 Å². The van der Waals surface area contributed by atoms with Gasteiger partial charge in [-0.05, 0) is 40.3 Å². The normalized spacial score (nSPS) is 19.5. The van der Waals surface area contributed by atoms with Crippen molar-refractivity contribution in [2.75, 3.05) is 13.1 Å². The minimum absolute atomic E-state index is 0.267. The first-order valence-electron chi connectivity index (χ1n) is 5.93. The first kappa shape index (κ1) is 14.2. The van der Waals surface area contributed by atoms with Crippen molar-refractivity contribution in [3.63, 3.8) is 0 Å². The Morgan fingerprint density at radius 2 is 2.35 bits per heavy atom. The molecule has 0 fully saturated rings. The van der Waals surface area contributed by atoms with Gasteiger partial charge in [0.1, 0.15) is 0 Å². The lowest BCUT2D eigenvalue weighted by Gasteiger charge is -2.20. The van der Waals surface area contributed by atoms with Gasteiger partial charge in [0, 0.05) is 6.54 Å². The van der Waals surface area contributed by atoms with Crippen molar-refractivity contribution in [1.82, 2.24) is 19.7 Å². The van der Waals surface area contributed by atoms with E-state index in [4.69, 9.17) is 0 Å². The maximum atomic E-state index is 4.36. The maximum absolute atomic E-state index is 4.36. The van der Waals surface area contributed by atoms with Crippen LogP contribution in [-0.2, 0) is 13.0 Å². The van der Waals surface area contributed by atoms with Crippen molar-refractivity contribution in [1.29, 1.82) is 0 Å². The Balaban J connectivity index is 2.21. The van der Waals surface area contributed by atoms with Crippen LogP contribution in [0.5, 0.6) is 0 Å². The molecule has 4 unspecified atom stereocenters. The topological polar surface area (TPSA) is 34.0 Å². The molecule has 0 bridgehead atoms. The second-order valence-corrected chi connectivity index (χ2v) is 13.0. The standard InChI is InChI=1S/C9H20N4P4/c1-2-5-12-6-3-4-8-9(7-12)13(11-10-8)17(15)16-14/h16H,2-7,14-15H2,1H3. The third kappa shape index (κ3) is 3.43. The van der Waals surface area contributed by atoms with Crippen molar-refractivity contribution in [3.05, 3.63) is 11.4 Å². The average molecular weight is 308 g/mol. The zero-order chi connectivity index (χ0) is 12.3. The molecule has 0 saturated heterocycles. The number of hydrogen-bond donors (Lipinski definition) is 0. The molecule has 96 valence electrons. The van der Waals surface area contributed by atoms with Gasteiger partial charge in [-0.15, -0.1) is 14.0 Å². The summed E-state index contributed by atoms with van der Waals surface area (Å²) in [6.07, 6.45) is 3.52. The molecule has 4 nitrogen and oxygen atoms in total. The molecule has 1 aliphatic heterocycles. The molecule has 0 aromatic carbocycles. The molecule has 8 heteroatoms. The smallest absolute Gasteiger partial charge is 0.0876 e. The van der Waals surface area contributed by atoms with E-state index in [0.29, 0.717) is 0 Å². The molecule has 0 aliphatic carbocycles. The molecule has 1 aliphatic rings. The van der Waals surface area contributed by atoms with Gasteiger partial charge in [0.05, 0.1) is 18.8 Å². The monoisotopic (exact) mass is 308 g/mol. The van der Waals surface area contributed by atoms with Crippen molar-refractivity contribution in [2.45, 2.75) is 32.7 Å². The molecule has 0 N–H and O–H groups in total. The third-order valence-electron chi connectivity index (χ3n) is 2.96. The van der Waals surface area contributed by atoms with Crippen LogP contribution in [0.25, 0.3) is 0 Å². The van der Waals surface area contributed by atoms with E-state index in [1.807, 2.05) is 0 Å². The van der Waals surface area contributed by atoms with Crippen LogP contribution in [0.4, 0.5) is 0 Å². The quantitative estimate of drug-likeness (QED) is 0.802. The highest BCUT2D eigenvalue weighted by Gasteiger charge is 2.21. The summed E-state index contributed by atoms with van der Waals surface area (Å²) in [4.78, 5) is 2.53. The number of aryl methyl sites for hydroxylation is 1. The van der Waals surface area contributed by atoms with Crippen LogP contribution in [0.1, 0.15) is 31.2 Å². The first-order valence-corrected chi connectivity index (χ1v) is 12.5. The van der Waals surface area contributed by atoms with Crippen molar-refractivity contribution in [2.24, 2.45) is 0 Å². The van der Waals surface area contributed by atoms with E-state index in [1.54, 1.807) is 0 Å². The second kappa shape index (κ2) is 6.83. The predicted molar refractivity (Wildman–Crippen MR) is 84.0 cm³/mol. The summed E-state index contributed by atoms with van der Waals surface area (Å²) in [6, 6.07) is 0. The first-order chi connectivity index (χ1) is 8.26. The van der Waals surface area contributed by atoms with Gasteiger partial charge in [0.15, 0.2) is 0 Å². The number of hydrogen-bond acceptors (Lipinski definition) is 3. The van der Waals surface area contributed by atoms with Crippen molar-refractivity contribution in [3.8, 4) is 0 Å². The Kier molecular flexibility index (Phi) is 5.72. The van der Waals surface area contributed by atoms with E-state index in [1.165, 1.54) is 37.3 Å². The highest BCUT2D eigenvalue weighted by Crippen LogP contribution is 2.66. The number of fused-ring (bicyclic) bond motifs is 1. The van der Waals surface area contributed by atoms with E-state index in [-0.39, 0.29) is 7.45 Å². The summed E-state index contributed by atoms with van der Waals surface area (Å²) in [6.45, 7) is 5.65. The van der Waals surface area contributed by atoms with Crippen molar-refractivity contribution >= 4 is 33.3 Å². The van der Waals surface area contributed by atoms with Crippen molar-refractivity contribution < 1.29 is 0 Å². The number of aromatic nitrogens is 3. The molecule has 0 amide bonds. The van der Waals surface area contributed by atoms with Gasteiger partial charge in [0.25, 0.3) is 0 Å². The van der Waals surface area contributed by atoms with Gasteiger partial charge < -0.3 is 0 Å². The zero-order valence-corrected chi connectivity index (χ0v) is 14.3. The molecule has 4 atom stereocenters. The van der Waals surface area contributed by atoms with Crippen LogP contribution in [0, 0.1) is 0 Å². The minimum atomic E-state index is -0.267. The molecule has 1 aromatic heterocycles. The summed E-state index contributed by atoms with van der Waals surface area (Å²) in [5, 5.41) is 8.71. The third-order valence-corrected chi connectivity index (χ3v) is 12.4. The fraction of sp³-hybridized carbons (Fsp3) is 0.778. The van der Waals surface area contributed by atoms with Crippen LogP contribution < -0.4 is 0 Å². The second-order valence-electron chi connectivity index (χ2n) is 4.23. The van der Waals surface area contributed by atoms with E-state index in [9.17, 15) is 0 Å². The number of rotatable bonds is 4. The molecule has 1 aromatic rings. The van der Waals surface area contributed by atoms with E-state index in [0.717, 1.165) is 20.9 Å². The van der Waals surface area contributed by atoms with E-state index in [2.05, 4.69) is 44.4 Å². The van der Waals surface area contributed by atoms with Gasteiger partial charge in [-0.2, -0.15) is 0 Å². The maximum Gasteiger partial charge on any atom is 0.0876 e. The summed E-state index contributed by atoms with van der Waals surface area (Å²) >= 11 is 0. The summed E-state index contributed by atoms with van der Waals surface area (Å²) in [5.74, 6) is 0. The molecule has 0 spiro atoms. The Morgan fingerprint density at radius 1 is 1.53 bits per heavy atom. The van der Waals surface area contributed by atoms with Crippen LogP contribution in [0.15, 0.2) is 0 Å². The summed E-state index contributed by atoms with van der Waals surface area (Å²) in [5.41, 5.74) is 2.58. The SMILES string of the molecule is CCCN1CCCc2nnn(P(P)PP)c2C1. The molecule has 2 rings (SSSR count). The Morgan fingerprint density at radius 3 is 3.06 bits per heavy atom. The minimum Gasteiger partial charge on any atom is -0.297 e. The highest BCUT2D eigenvalue weighted by molar-refractivity contribution is 8.60. The molecule has 2 heterocycles. The van der Waals surface area contributed by atoms with Gasteiger partial charge in [-0.25, -0.2) is 4.45 Å². The van der Waals surface area contributed by atoms with E-state index >= 15 is 0 Å². The van der Waals surface area contributed by atoms with Gasteiger partial charge in [-0.1, -0.05) is 21.1 Å². The molecule has 0 saturated carbocycles. The largest absolute Gasteiger partial charge is 0.297 e. The fourth-order valence-corrected chi connectivity index (χ4v) is 5.19. The lowest BCUT2D eigenvalue weighted by atomic mass is 10.2. The van der Waals surface area contributed by atoms with Gasteiger partial charge in [-0.3, -0.25) is 4.90 Å². The Bertz CT molecular complexity index is 370.